The summed E-state index contributed by atoms with van der Waals surface area (Å²) < 4.78 is 11.6. The zero-order valence-electron chi connectivity index (χ0n) is 17.2. The van der Waals surface area contributed by atoms with Gasteiger partial charge in [0.15, 0.2) is 11.5 Å². The van der Waals surface area contributed by atoms with E-state index in [4.69, 9.17) is 9.47 Å². The molecule has 0 aromatic heterocycles. The molecule has 0 amide bonds. The van der Waals surface area contributed by atoms with Crippen molar-refractivity contribution in [2.24, 2.45) is 11.8 Å². The molecule has 2 aliphatic heterocycles. The number of hydrogen-bond donors (Lipinski definition) is 3. The van der Waals surface area contributed by atoms with E-state index in [1.54, 1.807) is 6.08 Å². The van der Waals surface area contributed by atoms with E-state index in [1.165, 1.54) is 18.2 Å². The van der Waals surface area contributed by atoms with Crippen LogP contribution in [0.4, 0.5) is 5.69 Å². The highest BCUT2D eigenvalue weighted by atomic mass is 16.5. The van der Waals surface area contributed by atoms with E-state index in [0.29, 0.717) is 18.1 Å². The summed E-state index contributed by atoms with van der Waals surface area (Å²) in [6, 6.07) is 6.75. The molecule has 0 spiro atoms. The normalized spacial score (nSPS) is 30.1. The number of fused-ring (bicyclic) bond motifs is 3. The Morgan fingerprint density at radius 3 is 2.71 bits per heavy atom. The summed E-state index contributed by atoms with van der Waals surface area (Å²) in [7, 11) is 1.53. The summed E-state index contributed by atoms with van der Waals surface area (Å²) >= 11 is 0. The van der Waals surface area contributed by atoms with Crippen LogP contribution in [0.3, 0.4) is 0 Å². The van der Waals surface area contributed by atoms with Crippen molar-refractivity contribution < 1.29 is 19.7 Å². The smallest absolute Gasteiger partial charge is 0.195 e. The van der Waals surface area contributed by atoms with Gasteiger partial charge in [-0.25, -0.2) is 0 Å². The Balaban J connectivity index is 1.70. The van der Waals surface area contributed by atoms with Crippen LogP contribution in [0, 0.1) is 11.8 Å². The molecule has 4 atom stereocenters. The fourth-order valence-electron chi connectivity index (χ4n) is 4.80. The number of benzene rings is 1. The number of aliphatic hydroxyl groups is 2. The summed E-state index contributed by atoms with van der Waals surface area (Å²) in [5, 5.41) is 24.0. The average Bonchev–Trinajstić information content (AvgIpc) is 2.68. The number of rotatable bonds is 2. The largest absolute Gasteiger partial charge is 0.504 e. The van der Waals surface area contributed by atoms with E-state index in [0.717, 1.165) is 25.1 Å². The van der Waals surface area contributed by atoms with Gasteiger partial charge < -0.3 is 25.0 Å². The molecule has 0 radical (unpaired) electrons. The molecule has 3 aliphatic rings. The van der Waals surface area contributed by atoms with Gasteiger partial charge in [-0.2, -0.15) is 0 Å². The van der Waals surface area contributed by atoms with Gasteiger partial charge in [0.05, 0.1) is 13.2 Å². The Labute approximate surface area is 167 Å². The first kappa shape index (κ1) is 19.2. The lowest BCUT2D eigenvalue weighted by molar-refractivity contribution is -0.0426. The molecule has 28 heavy (non-hydrogen) atoms. The predicted octanol–water partition coefficient (Wildman–Crippen LogP) is 5.12. The summed E-state index contributed by atoms with van der Waals surface area (Å²) in [4.78, 5) is 0. The Morgan fingerprint density at radius 1 is 1.21 bits per heavy atom. The Hall–Kier alpha value is -2.14. The lowest BCUT2D eigenvalue weighted by Crippen LogP contribution is -2.46. The van der Waals surface area contributed by atoms with Crippen LogP contribution in [0.25, 0.3) is 0 Å². The van der Waals surface area contributed by atoms with Gasteiger partial charge in [-0.3, -0.25) is 0 Å². The molecule has 0 bridgehead atoms. The molecule has 152 valence electrons. The quantitative estimate of drug-likeness (QED) is 0.659. The molecule has 1 saturated heterocycles. The first-order valence-electron chi connectivity index (χ1n) is 10.2. The number of methoxy groups -OCH3 is 1. The molecule has 4 rings (SSSR count). The molecule has 1 unspecified atom stereocenters. The van der Waals surface area contributed by atoms with Crippen LogP contribution in [-0.4, -0.2) is 30.0 Å². The molecular formula is C23H31NO4. The zero-order chi connectivity index (χ0) is 20.1. The van der Waals surface area contributed by atoms with Gasteiger partial charge in [0.25, 0.3) is 0 Å². The van der Waals surface area contributed by atoms with Crippen molar-refractivity contribution in [3.8, 4) is 0 Å². The van der Waals surface area contributed by atoms with Crippen LogP contribution in [-0.2, 0) is 14.9 Å². The van der Waals surface area contributed by atoms with Gasteiger partial charge >= 0.3 is 0 Å². The van der Waals surface area contributed by atoms with E-state index in [1.807, 2.05) is 0 Å². The molecule has 5 nitrogen and oxygen atoms in total. The van der Waals surface area contributed by atoms with Crippen molar-refractivity contribution in [1.82, 2.24) is 0 Å². The first-order valence-corrected chi connectivity index (χ1v) is 10.2. The van der Waals surface area contributed by atoms with Crippen molar-refractivity contribution in [2.45, 2.75) is 57.6 Å². The molecule has 2 heterocycles. The van der Waals surface area contributed by atoms with E-state index < -0.39 is 0 Å². The van der Waals surface area contributed by atoms with Crippen LogP contribution in [0.1, 0.15) is 57.3 Å². The van der Waals surface area contributed by atoms with Crippen molar-refractivity contribution in [1.29, 1.82) is 0 Å². The Bertz CT molecular complexity index is 820. The maximum Gasteiger partial charge on any atom is 0.195 e. The van der Waals surface area contributed by atoms with Crippen molar-refractivity contribution >= 4 is 5.69 Å². The minimum absolute atomic E-state index is 0.0236. The molecule has 1 aliphatic carbocycles. The van der Waals surface area contributed by atoms with Gasteiger partial charge in [-0.1, -0.05) is 32.9 Å². The van der Waals surface area contributed by atoms with Gasteiger partial charge in [0.2, 0.25) is 0 Å². The van der Waals surface area contributed by atoms with Gasteiger partial charge in [0, 0.05) is 42.2 Å². The lowest BCUT2D eigenvalue weighted by Gasteiger charge is -2.46. The van der Waals surface area contributed by atoms with Crippen molar-refractivity contribution in [3.63, 3.8) is 0 Å². The number of aliphatic hydroxyl groups excluding tert-OH is 2. The second-order valence-electron chi connectivity index (χ2n) is 9.22. The summed E-state index contributed by atoms with van der Waals surface area (Å²) in [6.45, 7) is 7.47. The van der Waals surface area contributed by atoms with Gasteiger partial charge in [-0.15, -0.1) is 0 Å². The summed E-state index contributed by atoms with van der Waals surface area (Å²) in [6.07, 6.45) is 4.48. The average molecular weight is 386 g/mol. The predicted molar refractivity (Wildman–Crippen MR) is 109 cm³/mol. The second-order valence-corrected chi connectivity index (χ2v) is 9.22. The third-order valence-corrected chi connectivity index (χ3v) is 6.38. The van der Waals surface area contributed by atoms with Crippen LogP contribution >= 0.6 is 0 Å². The molecule has 1 aromatic carbocycles. The van der Waals surface area contributed by atoms with E-state index in [9.17, 15) is 10.2 Å². The first-order chi connectivity index (χ1) is 13.3. The van der Waals surface area contributed by atoms with E-state index in [2.05, 4.69) is 44.3 Å². The highest BCUT2D eigenvalue weighted by Crippen LogP contribution is 2.48. The van der Waals surface area contributed by atoms with Gasteiger partial charge in [0.1, 0.15) is 5.76 Å². The summed E-state index contributed by atoms with van der Waals surface area (Å²) in [5.74, 6) is 0.520. The van der Waals surface area contributed by atoms with Crippen molar-refractivity contribution in [2.75, 3.05) is 19.0 Å². The molecular weight excluding hydrogens is 354 g/mol. The monoisotopic (exact) mass is 385 g/mol. The topological polar surface area (TPSA) is 71.0 Å². The third-order valence-electron chi connectivity index (χ3n) is 6.38. The molecule has 5 heteroatoms. The number of nitrogens with one attached hydrogen (secondary N) is 1. The number of ether oxygens (including phenoxy) is 2. The lowest BCUT2D eigenvalue weighted by atomic mass is 9.72. The fraction of sp³-hybridized carbons (Fsp3) is 0.565. The fourth-order valence-corrected chi connectivity index (χ4v) is 4.80. The minimum Gasteiger partial charge on any atom is -0.504 e. The maximum atomic E-state index is 10.2. The molecule has 3 N–H and O–H groups in total. The molecule has 1 aromatic rings. The summed E-state index contributed by atoms with van der Waals surface area (Å²) in [5.41, 5.74) is 3.74. The number of hydrogen-bond acceptors (Lipinski definition) is 5. The minimum atomic E-state index is -0.152. The highest BCUT2D eigenvalue weighted by molar-refractivity contribution is 5.58. The SMILES string of the molecule is COC1=C(O)C(O)=CC([C@@H]2Nc3ccc(C(C)(C)C)cc3[C@H]3OCCC[C@H]32)C1. The maximum absolute atomic E-state index is 10.2. The highest BCUT2D eigenvalue weighted by Gasteiger charge is 2.43. The van der Waals surface area contributed by atoms with Crippen LogP contribution in [0.5, 0.6) is 0 Å². The zero-order valence-corrected chi connectivity index (χ0v) is 17.2. The number of allylic oxidation sites excluding steroid dienone is 1. The van der Waals surface area contributed by atoms with Crippen molar-refractivity contribution in [3.05, 3.63) is 52.7 Å². The standard InChI is InChI=1S/C23H31NO4/c1-23(2,3)14-7-8-17-16(12-14)22-15(6-5-9-28-22)20(24-17)13-10-18(25)21(26)19(11-13)27-4/h7-8,10,12-13,15,20,22,24-26H,5-6,9,11H2,1-4H3/t13?,15-,20-,22-/m0/s1. The van der Waals surface area contributed by atoms with Gasteiger partial charge in [-0.05, 0) is 36.0 Å². The van der Waals surface area contributed by atoms with Crippen LogP contribution < -0.4 is 5.32 Å². The Kier molecular flexibility index (Phi) is 4.82. The second kappa shape index (κ2) is 7.03. The Morgan fingerprint density at radius 2 is 2.00 bits per heavy atom. The molecule has 1 fully saturated rings. The van der Waals surface area contributed by atoms with Crippen LogP contribution in [0.15, 0.2) is 41.6 Å². The van der Waals surface area contributed by atoms with E-state index >= 15 is 0 Å². The molecule has 0 saturated carbocycles. The third kappa shape index (κ3) is 3.26. The van der Waals surface area contributed by atoms with E-state index in [-0.39, 0.29) is 35.0 Å². The van der Waals surface area contributed by atoms with Crippen LogP contribution in [0.2, 0.25) is 0 Å². The number of anilines is 1.